The van der Waals surface area contributed by atoms with Crippen LogP contribution in [0.1, 0.15) is 16.7 Å². The third kappa shape index (κ3) is 5.28. The van der Waals surface area contributed by atoms with Crippen LogP contribution in [0, 0.1) is 37.5 Å². The number of terminal acetylenes is 1. The molecule has 0 aliphatic carbocycles. The van der Waals surface area contributed by atoms with E-state index in [4.69, 9.17) is 34.4 Å². The van der Waals surface area contributed by atoms with Gasteiger partial charge in [0.1, 0.15) is 18.2 Å². The quantitative estimate of drug-likeness (QED) is 0.429. The zero-order chi connectivity index (χ0) is 20.0. The summed E-state index contributed by atoms with van der Waals surface area (Å²) in [7, 11) is 0. The van der Waals surface area contributed by atoms with Crippen LogP contribution in [0.3, 0.4) is 0 Å². The Morgan fingerprint density at radius 2 is 1.93 bits per heavy atom. The van der Waals surface area contributed by atoms with Gasteiger partial charge in [-0.1, -0.05) is 46.8 Å². The van der Waals surface area contributed by atoms with Crippen molar-refractivity contribution in [3.05, 3.63) is 62.6 Å². The zero-order valence-electron chi connectivity index (χ0n) is 14.8. The molecule has 2 aromatic rings. The highest BCUT2D eigenvalue weighted by atomic mass is 35.5. The lowest BCUT2D eigenvalue weighted by Crippen LogP contribution is -2.14. The number of amides is 1. The molecule has 0 heterocycles. The Morgan fingerprint density at radius 3 is 2.48 bits per heavy atom. The summed E-state index contributed by atoms with van der Waals surface area (Å²) in [6.07, 6.45) is 6.56. The average molecular weight is 399 g/mol. The summed E-state index contributed by atoms with van der Waals surface area (Å²) in [5.74, 6) is 2.06. The smallest absolute Gasteiger partial charge is 0.266 e. The van der Waals surface area contributed by atoms with E-state index in [1.807, 2.05) is 32.0 Å². The summed E-state index contributed by atoms with van der Waals surface area (Å²) < 4.78 is 5.29. The van der Waals surface area contributed by atoms with Gasteiger partial charge >= 0.3 is 0 Å². The molecule has 0 fully saturated rings. The number of carbonyl (C=O) groups excluding carboxylic acids is 1. The summed E-state index contributed by atoms with van der Waals surface area (Å²) >= 11 is 12.3. The lowest BCUT2D eigenvalue weighted by atomic mass is 10.1. The predicted molar refractivity (Wildman–Crippen MR) is 109 cm³/mol. The van der Waals surface area contributed by atoms with Crippen LogP contribution in [0.15, 0.2) is 35.9 Å². The van der Waals surface area contributed by atoms with Gasteiger partial charge in [-0.05, 0) is 49.2 Å². The van der Waals surface area contributed by atoms with E-state index >= 15 is 0 Å². The van der Waals surface area contributed by atoms with Gasteiger partial charge < -0.3 is 10.1 Å². The first kappa shape index (κ1) is 20.4. The van der Waals surface area contributed by atoms with Crippen molar-refractivity contribution in [1.29, 1.82) is 5.26 Å². The number of hydrogen-bond donors (Lipinski definition) is 1. The molecule has 0 radical (unpaired) electrons. The molecular formula is C21H16Cl2N2O2. The van der Waals surface area contributed by atoms with E-state index in [1.165, 1.54) is 6.08 Å². The Morgan fingerprint density at radius 1 is 1.26 bits per heavy atom. The lowest BCUT2D eigenvalue weighted by molar-refractivity contribution is -0.112. The van der Waals surface area contributed by atoms with Crippen molar-refractivity contribution in [2.45, 2.75) is 13.8 Å². The number of nitrogens with zero attached hydrogens (tertiary/aromatic N) is 1. The molecule has 2 rings (SSSR count). The fraction of sp³-hybridized carbons (Fsp3) is 0.143. The number of carbonyl (C=O) groups is 1. The highest BCUT2D eigenvalue weighted by Gasteiger charge is 2.13. The number of benzene rings is 2. The van der Waals surface area contributed by atoms with E-state index in [-0.39, 0.29) is 28.0 Å². The van der Waals surface area contributed by atoms with E-state index in [2.05, 4.69) is 11.2 Å². The summed E-state index contributed by atoms with van der Waals surface area (Å²) in [6.45, 7) is 3.87. The molecule has 0 unspecified atom stereocenters. The fourth-order valence-corrected chi connectivity index (χ4v) is 2.99. The monoisotopic (exact) mass is 398 g/mol. The van der Waals surface area contributed by atoms with Gasteiger partial charge in [0, 0.05) is 5.69 Å². The molecule has 136 valence electrons. The second-order valence-corrected chi connectivity index (χ2v) is 6.56. The minimum absolute atomic E-state index is 0.0242. The molecule has 1 amide bonds. The van der Waals surface area contributed by atoms with Crippen molar-refractivity contribution in [3.8, 4) is 24.2 Å². The molecular weight excluding hydrogens is 383 g/mol. The van der Waals surface area contributed by atoms with Crippen LogP contribution in [0.4, 0.5) is 5.69 Å². The number of hydrogen-bond acceptors (Lipinski definition) is 3. The SMILES string of the molecule is C#CCOc1c(Cl)cc(/C=C(\C#N)C(=O)Nc2ccc(C)cc2C)cc1Cl. The van der Waals surface area contributed by atoms with Crippen LogP contribution in [-0.2, 0) is 4.79 Å². The van der Waals surface area contributed by atoms with Crippen LogP contribution < -0.4 is 10.1 Å². The molecule has 6 heteroatoms. The number of nitriles is 1. The molecule has 0 bridgehead atoms. The Labute approximate surface area is 168 Å². The Hall–Kier alpha value is -2.92. The zero-order valence-corrected chi connectivity index (χ0v) is 16.3. The maximum Gasteiger partial charge on any atom is 0.266 e. The van der Waals surface area contributed by atoms with Gasteiger partial charge in [0.15, 0.2) is 5.75 Å². The average Bonchev–Trinajstić information content (AvgIpc) is 2.61. The van der Waals surface area contributed by atoms with Gasteiger partial charge in [0.05, 0.1) is 10.0 Å². The maximum absolute atomic E-state index is 12.4. The summed E-state index contributed by atoms with van der Waals surface area (Å²) in [4.78, 5) is 12.4. The number of ether oxygens (including phenoxy) is 1. The summed E-state index contributed by atoms with van der Waals surface area (Å²) in [6, 6.07) is 10.6. The van der Waals surface area contributed by atoms with Crippen molar-refractivity contribution in [2.24, 2.45) is 0 Å². The Bertz CT molecular complexity index is 975. The Balaban J connectivity index is 2.28. The van der Waals surface area contributed by atoms with Gasteiger partial charge in [0.2, 0.25) is 0 Å². The number of anilines is 1. The second kappa shape index (κ2) is 9.14. The molecule has 0 aliphatic heterocycles. The summed E-state index contributed by atoms with van der Waals surface area (Å²) in [5, 5.41) is 12.6. The molecule has 0 saturated carbocycles. The second-order valence-electron chi connectivity index (χ2n) is 5.75. The maximum atomic E-state index is 12.4. The van der Waals surface area contributed by atoms with Gasteiger partial charge in [-0.2, -0.15) is 5.26 Å². The molecule has 2 aromatic carbocycles. The van der Waals surface area contributed by atoms with Crippen molar-refractivity contribution < 1.29 is 9.53 Å². The molecule has 0 spiro atoms. The first-order valence-electron chi connectivity index (χ1n) is 7.91. The summed E-state index contributed by atoms with van der Waals surface area (Å²) in [5.41, 5.74) is 3.03. The highest BCUT2D eigenvalue weighted by Crippen LogP contribution is 2.34. The van der Waals surface area contributed by atoms with E-state index in [9.17, 15) is 10.1 Å². The van der Waals surface area contributed by atoms with Crippen LogP contribution >= 0.6 is 23.2 Å². The normalized spacial score (nSPS) is 10.7. The fourth-order valence-electron chi connectivity index (χ4n) is 2.37. The van der Waals surface area contributed by atoms with E-state index in [1.54, 1.807) is 18.2 Å². The first-order valence-corrected chi connectivity index (χ1v) is 8.67. The number of nitrogens with one attached hydrogen (secondary N) is 1. The van der Waals surface area contributed by atoms with Crippen molar-refractivity contribution in [3.63, 3.8) is 0 Å². The van der Waals surface area contributed by atoms with Crippen molar-refractivity contribution in [2.75, 3.05) is 11.9 Å². The van der Waals surface area contributed by atoms with Gasteiger partial charge in [-0.3, -0.25) is 4.79 Å². The van der Waals surface area contributed by atoms with Crippen molar-refractivity contribution >= 4 is 40.9 Å². The predicted octanol–water partition coefficient (Wildman–Crippen LogP) is 5.17. The number of aryl methyl sites for hydroxylation is 2. The topological polar surface area (TPSA) is 62.1 Å². The number of rotatable bonds is 5. The standard InChI is InChI=1S/C21H16Cl2N2O2/c1-4-7-27-20-17(22)10-15(11-18(20)23)9-16(12-24)21(26)25-19-6-5-13(2)8-14(19)3/h1,5-6,8-11H,7H2,2-3H3,(H,25,26)/b16-9+. The molecule has 0 aliphatic rings. The van der Waals surface area contributed by atoms with E-state index < -0.39 is 5.91 Å². The van der Waals surface area contributed by atoms with Crippen LogP contribution in [0.5, 0.6) is 5.75 Å². The van der Waals surface area contributed by atoms with E-state index in [0.29, 0.717) is 11.3 Å². The highest BCUT2D eigenvalue weighted by molar-refractivity contribution is 6.37. The van der Waals surface area contributed by atoms with Crippen molar-refractivity contribution in [1.82, 2.24) is 0 Å². The lowest BCUT2D eigenvalue weighted by Gasteiger charge is -2.10. The largest absolute Gasteiger partial charge is 0.478 e. The van der Waals surface area contributed by atoms with Crippen LogP contribution in [0.25, 0.3) is 6.08 Å². The first-order chi connectivity index (χ1) is 12.8. The molecule has 0 aromatic heterocycles. The van der Waals surface area contributed by atoms with E-state index in [0.717, 1.165) is 11.1 Å². The van der Waals surface area contributed by atoms with Crippen LogP contribution in [-0.4, -0.2) is 12.5 Å². The van der Waals surface area contributed by atoms with Gasteiger partial charge in [-0.15, -0.1) is 6.42 Å². The minimum atomic E-state index is -0.524. The van der Waals surface area contributed by atoms with Gasteiger partial charge in [0.25, 0.3) is 5.91 Å². The van der Waals surface area contributed by atoms with Gasteiger partial charge in [-0.25, -0.2) is 0 Å². The minimum Gasteiger partial charge on any atom is -0.478 e. The molecule has 0 saturated heterocycles. The molecule has 1 N–H and O–H groups in total. The molecule has 0 atom stereocenters. The van der Waals surface area contributed by atoms with Crippen LogP contribution in [0.2, 0.25) is 10.0 Å². The Kier molecular flexibility index (Phi) is 6.91. The number of halogens is 2. The third-order valence-corrected chi connectivity index (χ3v) is 4.19. The molecule has 27 heavy (non-hydrogen) atoms. The third-order valence-electron chi connectivity index (χ3n) is 3.63. The molecule has 4 nitrogen and oxygen atoms in total.